The highest BCUT2D eigenvalue weighted by Crippen LogP contribution is 2.24. The fraction of sp³-hybridized carbons (Fsp3) is 0.188. The molecule has 0 saturated carbocycles. The van der Waals surface area contributed by atoms with Crippen LogP contribution in [0.3, 0.4) is 0 Å². The lowest BCUT2D eigenvalue weighted by atomic mass is 10.2. The average Bonchev–Trinajstić information content (AvgIpc) is 2.48. The summed E-state index contributed by atoms with van der Waals surface area (Å²) in [6, 6.07) is 11.2. The van der Waals surface area contributed by atoms with Gasteiger partial charge in [0.2, 0.25) is 0 Å². The minimum absolute atomic E-state index is 0.451. The zero-order chi connectivity index (χ0) is 15.9. The molecule has 2 aromatic rings. The number of nitrogens with one attached hydrogen (secondary N) is 1. The SMILES string of the molecule is CCOc1ccc(Br)cc1/C=N\NCc1c(Cl)cccc1Cl. The number of halogens is 3. The molecule has 0 aliphatic carbocycles. The molecule has 6 heteroatoms. The molecule has 1 N–H and O–H groups in total. The van der Waals surface area contributed by atoms with Crippen molar-refractivity contribution in [1.82, 2.24) is 5.43 Å². The Kier molecular flexibility index (Phi) is 6.55. The van der Waals surface area contributed by atoms with Gasteiger partial charge in [0.25, 0.3) is 0 Å². The summed E-state index contributed by atoms with van der Waals surface area (Å²) in [6.45, 7) is 3.00. The largest absolute Gasteiger partial charge is 0.493 e. The Hall–Kier alpha value is -1.23. The fourth-order valence-corrected chi connectivity index (χ4v) is 2.76. The first-order chi connectivity index (χ1) is 10.6. The van der Waals surface area contributed by atoms with Crippen LogP contribution in [0.25, 0.3) is 0 Å². The molecule has 0 bridgehead atoms. The molecule has 2 aromatic carbocycles. The third-order valence-corrected chi connectivity index (χ3v) is 4.09. The van der Waals surface area contributed by atoms with Crippen molar-refractivity contribution in [3.8, 4) is 5.75 Å². The van der Waals surface area contributed by atoms with E-state index in [2.05, 4.69) is 26.5 Å². The highest BCUT2D eigenvalue weighted by molar-refractivity contribution is 9.10. The van der Waals surface area contributed by atoms with E-state index in [1.807, 2.05) is 31.2 Å². The Morgan fingerprint density at radius 1 is 1.23 bits per heavy atom. The van der Waals surface area contributed by atoms with Crippen LogP contribution in [0, 0.1) is 0 Å². The lowest BCUT2D eigenvalue weighted by Gasteiger charge is -2.08. The molecular weight excluding hydrogens is 387 g/mol. The first-order valence-corrected chi connectivity index (χ1v) is 8.28. The Morgan fingerprint density at radius 2 is 1.95 bits per heavy atom. The standard InChI is InChI=1S/C16H15BrCl2N2O/c1-2-22-16-7-6-12(17)8-11(16)9-20-21-10-13-14(18)4-3-5-15(13)19/h3-9,21H,2,10H2,1H3/b20-9-. The molecule has 0 spiro atoms. The summed E-state index contributed by atoms with van der Waals surface area (Å²) in [5.74, 6) is 0.784. The first-order valence-electron chi connectivity index (χ1n) is 6.73. The van der Waals surface area contributed by atoms with Crippen molar-refractivity contribution in [2.75, 3.05) is 6.61 Å². The van der Waals surface area contributed by atoms with E-state index in [1.165, 1.54) is 0 Å². The molecule has 0 aromatic heterocycles. The van der Waals surface area contributed by atoms with Crippen LogP contribution in [0.15, 0.2) is 46.0 Å². The van der Waals surface area contributed by atoms with Crippen LogP contribution in [0.1, 0.15) is 18.1 Å². The lowest BCUT2D eigenvalue weighted by molar-refractivity contribution is 0.339. The topological polar surface area (TPSA) is 33.6 Å². The second kappa shape index (κ2) is 8.42. The van der Waals surface area contributed by atoms with Crippen LogP contribution in [0.4, 0.5) is 0 Å². The van der Waals surface area contributed by atoms with Crippen molar-refractivity contribution in [3.63, 3.8) is 0 Å². The predicted molar refractivity (Wildman–Crippen MR) is 96.2 cm³/mol. The van der Waals surface area contributed by atoms with Gasteiger partial charge in [-0.1, -0.05) is 45.2 Å². The van der Waals surface area contributed by atoms with Gasteiger partial charge in [-0.15, -0.1) is 0 Å². The smallest absolute Gasteiger partial charge is 0.128 e. The Bertz CT molecular complexity index is 657. The molecule has 0 amide bonds. The zero-order valence-electron chi connectivity index (χ0n) is 11.9. The molecule has 0 aliphatic heterocycles. The predicted octanol–water partition coefficient (Wildman–Crippen LogP) is 5.28. The van der Waals surface area contributed by atoms with E-state index < -0.39 is 0 Å². The third kappa shape index (κ3) is 4.63. The Balaban J connectivity index is 2.05. The number of hydrogen-bond acceptors (Lipinski definition) is 3. The average molecular weight is 402 g/mol. The Morgan fingerprint density at radius 3 is 2.64 bits per heavy atom. The van der Waals surface area contributed by atoms with Crippen molar-refractivity contribution >= 4 is 45.3 Å². The molecular formula is C16H15BrCl2N2O. The van der Waals surface area contributed by atoms with Crippen molar-refractivity contribution in [3.05, 3.63) is 62.0 Å². The van der Waals surface area contributed by atoms with E-state index in [1.54, 1.807) is 18.3 Å². The normalized spacial score (nSPS) is 10.9. The molecule has 0 fully saturated rings. The highest BCUT2D eigenvalue weighted by atomic mass is 79.9. The molecule has 0 radical (unpaired) electrons. The highest BCUT2D eigenvalue weighted by Gasteiger charge is 2.04. The molecule has 0 atom stereocenters. The minimum Gasteiger partial charge on any atom is -0.493 e. The van der Waals surface area contributed by atoms with E-state index >= 15 is 0 Å². The number of nitrogens with zero attached hydrogens (tertiary/aromatic N) is 1. The van der Waals surface area contributed by atoms with E-state index in [-0.39, 0.29) is 0 Å². The van der Waals surface area contributed by atoms with Crippen LogP contribution in [-0.4, -0.2) is 12.8 Å². The summed E-state index contributed by atoms with van der Waals surface area (Å²) < 4.78 is 6.53. The van der Waals surface area contributed by atoms with Crippen LogP contribution in [-0.2, 0) is 6.54 Å². The maximum atomic E-state index is 6.11. The van der Waals surface area contributed by atoms with Gasteiger partial charge < -0.3 is 10.2 Å². The van der Waals surface area contributed by atoms with Crippen LogP contribution in [0.5, 0.6) is 5.75 Å². The fourth-order valence-electron chi connectivity index (χ4n) is 1.85. The monoisotopic (exact) mass is 400 g/mol. The van der Waals surface area contributed by atoms with E-state index in [0.29, 0.717) is 23.2 Å². The first kappa shape index (κ1) is 17.1. The maximum absolute atomic E-state index is 6.11. The summed E-state index contributed by atoms with van der Waals surface area (Å²) in [6.07, 6.45) is 1.71. The summed E-state index contributed by atoms with van der Waals surface area (Å²) in [7, 11) is 0. The maximum Gasteiger partial charge on any atom is 0.128 e. The number of rotatable bonds is 6. The number of hydrazone groups is 1. The van der Waals surface area contributed by atoms with Crippen molar-refractivity contribution < 1.29 is 4.74 Å². The summed E-state index contributed by atoms with van der Waals surface area (Å²) in [4.78, 5) is 0. The van der Waals surface area contributed by atoms with Gasteiger partial charge in [-0.3, -0.25) is 0 Å². The van der Waals surface area contributed by atoms with Gasteiger partial charge >= 0.3 is 0 Å². The minimum atomic E-state index is 0.451. The van der Waals surface area contributed by atoms with Crippen molar-refractivity contribution in [1.29, 1.82) is 0 Å². The van der Waals surface area contributed by atoms with Gasteiger partial charge in [-0.25, -0.2) is 0 Å². The molecule has 0 unspecified atom stereocenters. The van der Waals surface area contributed by atoms with Crippen molar-refractivity contribution in [2.24, 2.45) is 5.10 Å². The number of benzene rings is 2. The number of hydrogen-bond donors (Lipinski definition) is 1. The van der Waals surface area contributed by atoms with E-state index in [4.69, 9.17) is 27.9 Å². The van der Waals surface area contributed by atoms with E-state index in [0.717, 1.165) is 21.3 Å². The van der Waals surface area contributed by atoms with Gasteiger partial charge in [-0.2, -0.15) is 5.10 Å². The van der Waals surface area contributed by atoms with Gasteiger partial charge in [0.05, 0.1) is 19.4 Å². The van der Waals surface area contributed by atoms with Crippen molar-refractivity contribution in [2.45, 2.75) is 13.5 Å². The summed E-state index contributed by atoms with van der Waals surface area (Å²) in [5.41, 5.74) is 4.66. The lowest BCUT2D eigenvalue weighted by Crippen LogP contribution is -2.07. The molecule has 0 heterocycles. The Labute approximate surface area is 148 Å². The summed E-state index contributed by atoms with van der Waals surface area (Å²) >= 11 is 15.7. The molecule has 22 heavy (non-hydrogen) atoms. The van der Waals surface area contributed by atoms with Crippen LogP contribution in [0.2, 0.25) is 10.0 Å². The van der Waals surface area contributed by atoms with Gasteiger partial charge in [0, 0.05) is 25.6 Å². The molecule has 3 nitrogen and oxygen atoms in total. The summed E-state index contributed by atoms with van der Waals surface area (Å²) in [5, 5.41) is 5.45. The van der Waals surface area contributed by atoms with Gasteiger partial charge in [0.1, 0.15) is 5.75 Å². The zero-order valence-corrected chi connectivity index (χ0v) is 15.0. The van der Waals surface area contributed by atoms with Gasteiger partial charge in [0.15, 0.2) is 0 Å². The second-order valence-corrected chi connectivity index (χ2v) is 6.14. The van der Waals surface area contributed by atoms with Crippen LogP contribution < -0.4 is 10.2 Å². The van der Waals surface area contributed by atoms with Gasteiger partial charge in [-0.05, 0) is 37.3 Å². The number of ether oxygens (including phenoxy) is 1. The van der Waals surface area contributed by atoms with Crippen LogP contribution >= 0.6 is 39.1 Å². The van der Waals surface area contributed by atoms with E-state index in [9.17, 15) is 0 Å². The second-order valence-electron chi connectivity index (χ2n) is 4.41. The molecule has 0 aliphatic rings. The molecule has 116 valence electrons. The quantitative estimate of drug-likeness (QED) is 0.527. The molecule has 2 rings (SSSR count). The molecule has 0 saturated heterocycles. The third-order valence-electron chi connectivity index (χ3n) is 2.88.